The lowest BCUT2D eigenvalue weighted by Gasteiger charge is -2.37. The molecule has 0 saturated heterocycles. The Morgan fingerprint density at radius 1 is 1.36 bits per heavy atom. The summed E-state index contributed by atoms with van der Waals surface area (Å²) >= 11 is 8.58. The average Bonchev–Trinajstić information content (AvgIpc) is 2.83. The quantitative estimate of drug-likeness (QED) is 0.751. The molecule has 0 fully saturated rings. The number of hydrogen-bond donors (Lipinski definition) is 1. The Morgan fingerprint density at radius 3 is 2.73 bits per heavy atom. The number of nitrogens with one attached hydrogen (secondary N) is 1. The number of halogens is 4. The van der Waals surface area contributed by atoms with E-state index in [4.69, 9.17) is 12.2 Å². The van der Waals surface area contributed by atoms with Crippen LogP contribution in [0.25, 0.3) is 0 Å². The third-order valence-electron chi connectivity index (χ3n) is 3.67. The van der Waals surface area contributed by atoms with Crippen LogP contribution in [0.15, 0.2) is 34.8 Å². The monoisotopic (exact) mass is 389 g/mol. The molecule has 0 spiro atoms. The van der Waals surface area contributed by atoms with Gasteiger partial charge in [0.1, 0.15) is 5.54 Å². The molecule has 1 aliphatic heterocycles. The molecule has 2 heterocycles. The Hall–Kier alpha value is -1.41. The number of thiocarbonyl (C=S) groups is 1. The van der Waals surface area contributed by atoms with Gasteiger partial charge in [-0.1, -0.05) is 40.3 Å². The van der Waals surface area contributed by atoms with Crippen LogP contribution in [0.1, 0.15) is 23.9 Å². The van der Waals surface area contributed by atoms with Crippen molar-refractivity contribution in [1.29, 1.82) is 0 Å². The maximum absolute atomic E-state index is 13.0. The molecule has 116 valence electrons. The standard InChI is InChI=1S/C14H11BrF3N3S/c1-13(8-3-2-4-9(15)5-8)11-6-10(14(16,17)18)20-21(11)7-12(22)19-13/h2-6H,7H2,1H3,(H,19,22). The van der Waals surface area contributed by atoms with E-state index in [0.717, 1.165) is 16.1 Å². The van der Waals surface area contributed by atoms with Crippen LogP contribution in [0, 0.1) is 0 Å². The van der Waals surface area contributed by atoms with Crippen LogP contribution in [0.3, 0.4) is 0 Å². The molecular formula is C14H11BrF3N3S. The van der Waals surface area contributed by atoms with Crippen molar-refractivity contribution in [1.82, 2.24) is 15.1 Å². The summed E-state index contributed by atoms with van der Waals surface area (Å²) < 4.78 is 41.0. The van der Waals surface area contributed by atoms with Gasteiger partial charge in [0, 0.05) is 4.47 Å². The normalized spacial score (nSPS) is 21.4. The number of fused-ring (bicyclic) bond motifs is 1. The number of benzene rings is 1. The van der Waals surface area contributed by atoms with Gasteiger partial charge in [0.15, 0.2) is 5.69 Å². The maximum atomic E-state index is 13.0. The second-order valence-corrected chi connectivity index (χ2v) is 6.66. The molecule has 1 atom stereocenters. The first-order chi connectivity index (χ1) is 10.2. The second-order valence-electron chi connectivity index (χ2n) is 5.25. The van der Waals surface area contributed by atoms with Crippen LogP contribution < -0.4 is 5.32 Å². The summed E-state index contributed by atoms with van der Waals surface area (Å²) in [5.41, 5.74) is -0.532. The largest absolute Gasteiger partial charge is 0.435 e. The van der Waals surface area contributed by atoms with Crippen molar-refractivity contribution in [2.45, 2.75) is 25.2 Å². The van der Waals surface area contributed by atoms with E-state index in [1.165, 1.54) is 4.68 Å². The highest BCUT2D eigenvalue weighted by atomic mass is 79.9. The van der Waals surface area contributed by atoms with E-state index in [-0.39, 0.29) is 6.54 Å². The molecule has 0 radical (unpaired) electrons. The SMILES string of the molecule is CC1(c2cccc(Br)c2)NC(=S)Cn2nc(C(F)(F)F)cc21. The highest BCUT2D eigenvalue weighted by Gasteiger charge is 2.42. The molecule has 1 unspecified atom stereocenters. The number of nitrogens with zero attached hydrogens (tertiary/aromatic N) is 2. The van der Waals surface area contributed by atoms with Gasteiger partial charge in [0.2, 0.25) is 0 Å². The molecule has 3 rings (SSSR count). The molecule has 1 aromatic carbocycles. The Morgan fingerprint density at radius 2 is 2.09 bits per heavy atom. The van der Waals surface area contributed by atoms with Gasteiger partial charge in [-0.05, 0) is 30.7 Å². The summed E-state index contributed by atoms with van der Waals surface area (Å²) in [7, 11) is 0. The van der Waals surface area contributed by atoms with E-state index in [2.05, 4.69) is 26.3 Å². The third kappa shape index (κ3) is 2.54. The zero-order valence-corrected chi connectivity index (χ0v) is 13.8. The van der Waals surface area contributed by atoms with Gasteiger partial charge in [0.05, 0.1) is 17.2 Å². The minimum Gasteiger partial charge on any atom is -0.363 e. The van der Waals surface area contributed by atoms with Gasteiger partial charge in [-0.2, -0.15) is 18.3 Å². The van der Waals surface area contributed by atoms with E-state index in [9.17, 15) is 13.2 Å². The summed E-state index contributed by atoms with van der Waals surface area (Å²) in [5, 5.41) is 6.81. The van der Waals surface area contributed by atoms with Crippen LogP contribution in [0.5, 0.6) is 0 Å². The van der Waals surface area contributed by atoms with Crippen molar-refractivity contribution in [3.05, 3.63) is 51.8 Å². The summed E-state index contributed by atoms with van der Waals surface area (Å²) in [4.78, 5) is 0.451. The molecule has 3 nitrogen and oxygen atoms in total. The predicted molar refractivity (Wildman–Crippen MR) is 83.6 cm³/mol. The topological polar surface area (TPSA) is 29.9 Å². The molecule has 0 aliphatic carbocycles. The molecule has 0 saturated carbocycles. The number of alkyl halides is 3. The van der Waals surface area contributed by atoms with Gasteiger partial charge < -0.3 is 5.32 Å². The summed E-state index contributed by atoms with van der Waals surface area (Å²) in [6, 6.07) is 8.46. The zero-order valence-electron chi connectivity index (χ0n) is 11.4. The molecule has 22 heavy (non-hydrogen) atoms. The third-order valence-corrected chi connectivity index (χ3v) is 4.39. The predicted octanol–water partition coefficient (Wildman–Crippen LogP) is 3.86. The van der Waals surface area contributed by atoms with Crippen LogP contribution in [0.2, 0.25) is 0 Å². The van der Waals surface area contributed by atoms with E-state index < -0.39 is 17.4 Å². The highest BCUT2D eigenvalue weighted by Crippen LogP contribution is 2.37. The number of hydrogen-bond acceptors (Lipinski definition) is 2. The van der Waals surface area contributed by atoms with E-state index in [1.54, 1.807) is 6.92 Å². The average molecular weight is 390 g/mol. The smallest absolute Gasteiger partial charge is 0.363 e. The van der Waals surface area contributed by atoms with Crippen LogP contribution in [0.4, 0.5) is 13.2 Å². The molecule has 1 aromatic heterocycles. The van der Waals surface area contributed by atoms with Crippen molar-refractivity contribution < 1.29 is 13.2 Å². The summed E-state index contributed by atoms with van der Waals surface area (Å²) in [6.07, 6.45) is -4.48. The van der Waals surface area contributed by atoms with Crippen molar-refractivity contribution in [3.8, 4) is 0 Å². The lowest BCUT2D eigenvalue weighted by atomic mass is 9.87. The first-order valence-electron chi connectivity index (χ1n) is 6.43. The van der Waals surface area contributed by atoms with Crippen molar-refractivity contribution in [3.63, 3.8) is 0 Å². The summed E-state index contributed by atoms with van der Waals surface area (Å²) in [6.45, 7) is 1.94. The van der Waals surface area contributed by atoms with Crippen molar-refractivity contribution in [2.75, 3.05) is 0 Å². The Labute approximate surface area is 138 Å². The van der Waals surface area contributed by atoms with E-state index in [0.29, 0.717) is 10.7 Å². The fourth-order valence-corrected chi connectivity index (χ4v) is 3.34. The highest BCUT2D eigenvalue weighted by molar-refractivity contribution is 9.10. The van der Waals surface area contributed by atoms with Crippen LogP contribution in [-0.2, 0) is 18.3 Å². The van der Waals surface area contributed by atoms with Gasteiger partial charge in [-0.3, -0.25) is 4.68 Å². The molecule has 2 aromatic rings. The van der Waals surface area contributed by atoms with Crippen molar-refractivity contribution >= 4 is 33.1 Å². The van der Waals surface area contributed by atoms with Gasteiger partial charge >= 0.3 is 6.18 Å². The molecule has 0 bridgehead atoms. The fourth-order valence-electron chi connectivity index (χ4n) is 2.62. The van der Waals surface area contributed by atoms with Crippen molar-refractivity contribution in [2.24, 2.45) is 0 Å². The maximum Gasteiger partial charge on any atom is 0.435 e. The Kier molecular flexibility index (Phi) is 3.56. The van der Waals surface area contributed by atoms with Gasteiger partial charge in [-0.25, -0.2) is 0 Å². The number of rotatable bonds is 1. The van der Waals surface area contributed by atoms with Crippen LogP contribution in [-0.4, -0.2) is 14.8 Å². The molecule has 1 aliphatic rings. The lowest BCUT2D eigenvalue weighted by molar-refractivity contribution is -0.141. The second kappa shape index (κ2) is 5.06. The zero-order chi connectivity index (χ0) is 16.1. The fraction of sp³-hybridized carbons (Fsp3) is 0.286. The Bertz CT molecular complexity index is 756. The van der Waals surface area contributed by atoms with E-state index in [1.807, 2.05) is 24.3 Å². The first-order valence-corrected chi connectivity index (χ1v) is 7.63. The minimum absolute atomic E-state index is 0.143. The molecule has 8 heteroatoms. The lowest BCUT2D eigenvalue weighted by Crippen LogP contribution is -2.50. The number of aromatic nitrogens is 2. The molecule has 1 N–H and O–H groups in total. The first kappa shape index (κ1) is 15.5. The van der Waals surface area contributed by atoms with Crippen LogP contribution >= 0.6 is 28.1 Å². The molecular weight excluding hydrogens is 379 g/mol. The van der Waals surface area contributed by atoms with E-state index >= 15 is 0 Å². The Balaban J connectivity index is 2.19. The van der Waals surface area contributed by atoms with Gasteiger partial charge in [-0.15, -0.1) is 0 Å². The summed E-state index contributed by atoms with van der Waals surface area (Å²) in [5.74, 6) is 0. The minimum atomic E-state index is -4.48. The van der Waals surface area contributed by atoms with Gasteiger partial charge in [0.25, 0.3) is 0 Å². The molecule has 0 amide bonds.